The summed E-state index contributed by atoms with van der Waals surface area (Å²) >= 11 is 0. The van der Waals surface area contributed by atoms with Crippen LogP contribution >= 0.6 is 0 Å². The molecule has 0 saturated carbocycles. The van der Waals surface area contributed by atoms with Crippen molar-refractivity contribution in [2.24, 2.45) is 0 Å². The van der Waals surface area contributed by atoms with Crippen LogP contribution in [0.5, 0.6) is 0 Å². The van der Waals surface area contributed by atoms with Crippen molar-refractivity contribution in [2.75, 3.05) is 31.1 Å². The molecule has 9 nitrogen and oxygen atoms in total. The maximum atomic E-state index is 14.1. The van der Waals surface area contributed by atoms with Gasteiger partial charge in [0.25, 0.3) is 5.91 Å². The van der Waals surface area contributed by atoms with Crippen LogP contribution in [0, 0.1) is 11.5 Å². The number of rotatable bonds is 7. The minimum Gasteiger partial charge on any atom is -0.345 e. The van der Waals surface area contributed by atoms with Crippen molar-refractivity contribution in [1.29, 1.82) is 5.26 Å². The summed E-state index contributed by atoms with van der Waals surface area (Å²) in [6.45, 7) is 8.06. The zero-order valence-corrected chi connectivity index (χ0v) is 22.4. The lowest BCUT2D eigenvalue weighted by molar-refractivity contribution is -0.133. The Kier molecular flexibility index (Phi) is 8.30. The monoisotopic (exact) mass is 516 g/mol. The third-order valence-corrected chi connectivity index (χ3v) is 7.29. The minimum absolute atomic E-state index is 0.0908. The fraction of sp³-hybridized carbons (Fsp3) is 0.483. The van der Waals surface area contributed by atoms with Crippen molar-refractivity contribution >= 4 is 23.4 Å². The number of likely N-dealkylation sites (tertiary alicyclic amines) is 2. The van der Waals surface area contributed by atoms with Crippen LogP contribution in [0.15, 0.2) is 48.8 Å². The van der Waals surface area contributed by atoms with Gasteiger partial charge in [-0.05, 0) is 54.9 Å². The van der Waals surface area contributed by atoms with E-state index in [-0.39, 0.29) is 23.8 Å². The highest BCUT2D eigenvalue weighted by atomic mass is 16.2. The Labute approximate surface area is 224 Å². The number of carbonyl (C=O) groups is 3. The Morgan fingerprint density at radius 2 is 1.82 bits per heavy atom. The highest BCUT2D eigenvalue weighted by Gasteiger charge is 2.40. The summed E-state index contributed by atoms with van der Waals surface area (Å²) in [6, 6.07) is 9.34. The van der Waals surface area contributed by atoms with Gasteiger partial charge >= 0.3 is 0 Å². The first kappa shape index (κ1) is 27.1. The average Bonchev–Trinajstić information content (AvgIpc) is 3.62. The lowest BCUT2D eigenvalue weighted by Gasteiger charge is -2.34. The quantitative estimate of drug-likeness (QED) is 0.567. The number of carbonyl (C=O) groups excluding carboxylic acids is 3. The summed E-state index contributed by atoms with van der Waals surface area (Å²) in [5.41, 5.74) is 2.06. The van der Waals surface area contributed by atoms with Gasteiger partial charge in [0.15, 0.2) is 6.19 Å². The Bertz CT molecular complexity index is 1180. The van der Waals surface area contributed by atoms with Crippen LogP contribution in [0.3, 0.4) is 0 Å². The number of aromatic nitrogens is 1. The van der Waals surface area contributed by atoms with Crippen LogP contribution in [0.2, 0.25) is 0 Å². The molecule has 2 aromatic rings. The molecule has 2 saturated heterocycles. The van der Waals surface area contributed by atoms with Gasteiger partial charge in [0, 0.05) is 43.3 Å². The second kappa shape index (κ2) is 11.6. The number of hydrogen-bond acceptors (Lipinski definition) is 6. The van der Waals surface area contributed by atoms with E-state index in [1.54, 1.807) is 29.4 Å². The minimum atomic E-state index is -1.07. The van der Waals surface area contributed by atoms with Crippen molar-refractivity contribution in [3.8, 4) is 6.19 Å². The van der Waals surface area contributed by atoms with Crippen LogP contribution < -0.4 is 10.2 Å². The zero-order chi connectivity index (χ0) is 27.3. The molecule has 1 aromatic heterocycles. The first-order valence-corrected chi connectivity index (χ1v) is 13.3. The van der Waals surface area contributed by atoms with Gasteiger partial charge in [0.05, 0.1) is 6.54 Å². The molecule has 1 N–H and O–H groups in total. The third kappa shape index (κ3) is 5.96. The van der Waals surface area contributed by atoms with E-state index < -0.39 is 18.0 Å². The van der Waals surface area contributed by atoms with E-state index >= 15 is 0 Å². The third-order valence-electron chi connectivity index (χ3n) is 7.29. The van der Waals surface area contributed by atoms with E-state index in [1.807, 2.05) is 24.3 Å². The van der Waals surface area contributed by atoms with Gasteiger partial charge in [-0.2, -0.15) is 5.26 Å². The molecular formula is C29H36N6O3. The standard InChI is InChI=1S/C29H36N6O3/c1-29(2,3)22-10-12-23(13-11-22)35(28(38)24-9-7-17-34(24)20-30)26(21-8-6-14-31-18-21)27(37)32-19-25(36)33-15-4-5-16-33/h6,8,10-14,18,24,26H,4-5,7,9,15-17,19H2,1-3H3,(H,32,37). The largest absolute Gasteiger partial charge is 0.345 e. The molecule has 2 aliphatic heterocycles. The number of nitriles is 1. The van der Waals surface area contributed by atoms with Gasteiger partial charge in [0.1, 0.15) is 12.1 Å². The predicted octanol–water partition coefficient (Wildman–Crippen LogP) is 3.14. The van der Waals surface area contributed by atoms with Crippen molar-refractivity contribution in [2.45, 2.75) is 64.0 Å². The van der Waals surface area contributed by atoms with Crippen LogP contribution in [0.25, 0.3) is 0 Å². The summed E-state index contributed by atoms with van der Waals surface area (Å²) in [7, 11) is 0. The average molecular weight is 517 g/mol. The summed E-state index contributed by atoms with van der Waals surface area (Å²) in [5.74, 6) is -0.942. The normalized spacial score (nSPS) is 18.1. The van der Waals surface area contributed by atoms with Gasteiger partial charge < -0.3 is 10.2 Å². The number of nitrogens with one attached hydrogen (secondary N) is 1. The fourth-order valence-corrected chi connectivity index (χ4v) is 5.12. The molecular weight excluding hydrogens is 480 g/mol. The van der Waals surface area contributed by atoms with E-state index in [9.17, 15) is 19.6 Å². The van der Waals surface area contributed by atoms with Gasteiger partial charge in [-0.15, -0.1) is 0 Å². The van der Waals surface area contributed by atoms with Gasteiger partial charge in [0.2, 0.25) is 11.8 Å². The van der Waals surface area contributed by atoms with Crippen molar-refractivity contribution in [1.82, 2.24) is 20.1 Å². The number of amides is 3. The Balaban J connectivity index is 1.72. The fourth-order valence-electron chi connectivity index (χ4n) is 5.12. The van der Waals surface area contributed by atoms with E-state index in [0.29, 0.717) is 37.3 Å². The van der Waals surface area contributed by atoms with E-state index in [4.69, 9.17) is 0 Å². The molecule has 0 spiro atoms. The number of anilines is 1. The predicted molar refractivity (Wildman–Crippen MR) is 144 cm³/mol. The molecule has 9 heteroatoms. The molecule has 0 radical (unpaired) electrons. The van der Waals surface area contributed by atoms with Gasteiger partial charge in [-0.3, -0.25) is 29.2 Å². The van der Waals surface area contributed by atoms with Crippen LogP contribution in [0.1, 0.15) is 63.6 Å². The molecule has 3 amide bonds. The first-order chi connectivity index (χ1) is 18.2. The smallest absolute Gasteiger partial charge is 0.251 e. The highest BCUT2D eigenvalue weighted by Crippen LogP contribution is 2.33. The van der Waals surface area contributed by atoms with Crippen LogP contribution in [-0.4, -0.2) is 64.7 Å². The molecule has 1 aromatic carbocycles. The Morgan fingerprint density at radius 1 is 1.11 bits per heavy atom. The second-order valence-corrected chi connectivity index (χ2v) is 11.0. The molecule has 0 bridgehead atoms. The summed E-state index contributed by atoms with van der Waals surface area (Å²) in [4.78, 5) is 49.5. The number of pyridine rings is 1. The lowest BCUT2D eigenvalue weighted by atomic mass is 9.87. The SMILES string of the molecule is CC(C)(C)c1ccc(N(C(=O)C2CCCN2C#N)C(C(=O)NCC(=O)N2CCCC2)c2cccnc2)cc1. The molecule has 2 unspecified atom stereocenters. The van der Waals surface area contributed by atoms with Crippen molar-refractivity contribution in [3.05, 3.63) is 59.9 Å². The molecule has 3 heterocycles. The van der Waals surface area contributed by atoms with Gasteiger partial charge in [-0.1, -0.05) is 39.0 Å². The van der Waals surface area contributed by atoms with Crippen LogP contribution in [-0.2, 0) is 19.8 Å². The van der Waals surface area contributed by atoms with Crippen LogP contribution in [0.4, 0.5) is 5.69 Å². The topological polar surface area (TPSA) is 110 Å². The van der Waals surface area contributed by atoms with Crippen molar-refractivity contribution in [3.63, 3.8) is 0 Å². The Hall–Kier alpha value is -3.93. The second-order valence-electron chi connectivity index (χ2n) is 11.0. The Morgan fingerprint density at radius 3 is 2.42 bits per heavy atom. The maximum absolute atomic E-state index is 14.1. The maximum Gasteiger partial charge on any atom is 0.251 e. The van der Waals surface area contributed by atoms with Crippen molar-refractivity contribution < 1.29 is 14.4 Å². The zero-order valence-electron chi connectivity index (χ0n) is 22.4. The summed E-state index contributed by atoms with van der Waals surface area (Å²) in [5, 5.41) is 12.4. The molecule has 2 aliphatic rings. The molecule has 2 fully saturated rings. The number of hydrogen-bond donors (Lipinski definition) is 1. The molecule has 0 aliphatic carbocycles. The number of benzene rings is 1. The molecule has 2 atom stereocenters. The molecule has 4 rings (SSSR count). The lowest BCUT2D eigenvalue weighted by Crippen LogP contribution is -2.51. The van der Waals surface area contributed by atoms with E-state index in [2.05, 4.69) is 37.3 Å². The van der Waals surface area contributed by atoms with E-state index in [0.717, 1.165) is 24.8 Å². The molecule has 200 valence electrons. The summed E-state index contributed by atoms with van der Waals surface area (Å²) < 4.78 is 0. The van der Waals surface area contributed by atoms with Gasteiger partial charge in [-0.25, -0.2) is 0 Å². The molecule has 38 heavy (non-hydrogen) atoms. The van der Waals surface area contributed by atoms with E-state index in [1.165, 1.54) is 9.80 Å². The summed E-state index contributed by atoms with van der Waals surface area (Å²) in [6.07, 6.45) is 8.46. The first-order valence-electron chi connectivity index (χ1n) is 13.3. The number of nitrogens with zero attached hydrogens (tertiary/aromatic N) is 5. The highest BCUT2D eigenvalue weighted by molar-refractivity contribution is 6.04.